The van der Waals surface area contributed by atoms with Crippen molar-refractivity contribution in [3.8, 4) is 6.07 Å². The second-order valence-corrected chi connectivity index (χ2v) is 5.08. The predicted molar refractivity (Wildman–Crippen MR) is 67.2 cm³/mol. The summed E-state index contributed by atoms with van der Waals surface area (Å²) < 4.78 is 0. The van der Waals surface area contributed by atoms with Crippen LogP contribution >= 0.6 is 0 Å². The third kappa shape index (κ3) is 4.96. The van der Waals surface area contributed by atoms with Gasteiger partial charge in [0.15, 0.2) is 0 Å². The number of nitrogens with one attached hydrogen (secondary N) is 1. The van der Waals surface area contributed by atoms with Crippen LogP contribution in [0, 0.1) is 11.3 Å². The van der Waals surface area contributed by atoms with Gasteiger partial charge in [-0.05, 0) is 39.7 Å². The van der Waals surface area contributed by atoms with Gasteiger partial charge in [-0.15, -0.1) is 0 Å². The molecule has 1 rings (SSSR count). The minimum Gasteiger partial charge on any atom is -0.299 e. The normalized spacial score (nSPS) is 17.8. The zero-order chi connectivity index (χ0) is 12.0. The van der Waals surface area contributed by atoms with E-state index in [2.05, 4.69) is 37.1 Å². The highest BCUT2D eigenvalue weighted by atomic mass is 15.2. The van der Waals surface area contributed by atoms with Gasteiger partial charge >= 0.3 is 0 Å². The average Bonchev–Trinajstić information content (AvgIpc) is 3.05. The summed E-state index contributed by atoms with van der Waals surface area (Å²) in [7, 11) is 0. The van der Waals surface area contributed by atoms with Crippen molar-refractivity contribution in [3.63, 3.8) is 0 Å². The standard InChI is InChI=1S/C13H25N3/c1-4-5-8-16(13-6-7-13)10-12(9-14)15-11(2)3/h11-13,15H,4-8,10H2,1-3H3. The molecule has 0 aliphatic heterocycles. The highest BCUT2D eigenvalue weighted by molar-refractivity contribution is 4.96. The minimum atomic E-state index is -0.0162. The van der Waals surface area contributed by atoms with Gasteiger partial charge in [-0.2, -0.15) is 5.26 Å². The monoisotopic (exact) mass is 223 g/mol. The van der Waals surface area contributed by atoms with Gasteiger partial charge in [0.25, 0.3) is 0 Å². The zero-order valence-corrected chi connectivity index (χ0v) is 10.9. The minimum absolute atomic E-state index is 0.0162. The van der Waals surface area contributed by atoms with E-state index < -0.39 is 0 Å². The van der Waals surface area contributed by atoms with Crippen molar-refractivity contribution < 1.29 is 0 Å². The number of hydrogen-bond acceptors (Lipinski definition) is 3. The Kier molecular flexibility index (Phi) is 5.79. The van der Waals surface area contributed by atoms with E-state index in [1.807, 2.05) is 0 Å². The lowest BCUT2D eigenvalue weighted by atomic mass is 10.2. The van der Waals surface area contributed by atoms with Crippen molar-refractivity contribution in [2.45, 2.75) is 64.6 Å². The lowest BCUT2D eigenvalue weighted by Gasteiger charge is -2.25. The number of nitrogens with zero attached hydrogens (tertiary/aromatic N) is 2. The molecule has 3 nitrogen and oxygen atoms in total. The maximum Gasteiger partial charge on any atom is 0.108 e. The van der Waals surface area contributed by atoms with Crippen molar-refractivity contribution >= 4 is 0 Å². The molecule has 1 fully saturated rings. The molecule has 1 aliphatic carbocycles. The molecule has 92 valence electrons. The Morgan fingerprint density at radius 1 is 1.44 bits per heavy atom. The number of hydrogen-bond donors (Lipinski definition) is 1. The van der Waals surface area contributed by atoms with Gasteiger partial charge in [-0.25, -0.2) is 0 Å². The molecular weight excluding hydrogens is 198 g/mol. The molecule has 0 bridgehead atoms. The Morgan fingerprint density at radius 3 is 2.56 bits per heavy atom. The van der Waals surface area contributed by atoms with Gasteiger partial charge in [0, 0.05) is 18.6 Å². The maximum atomic E-state index is 9.11. The first-order valence-electron chi connectivity index (χ1n) is 6.57. The number of unbranched alkanes of at least 4 members (excludes halogenated alkanes) is 1. The van der Waals surface area contributed by atoms with E-state index in [-0.39, 0.29) is 6.04 Å². The van der Waals surface area contributed by atoms with E-state index in [4.69, 9.17) is 5.26 Å². The van der Waals surface area contributed by atoms with Crippen LogP contribution in [0.25, 0.3) is 0 Å². The van der Waals surface area contributed by atoms with Gasteiger partial charge in [-0.1, -0.05) is 13.3 Å². The topological polar surface area (TPSA) is 39.1 Å². The Balaban J connectivity index is 2.36. The molecule has 3 heteroatoms. The summed E-state index contributed by atoms with van der Waals surface area (Å²) in [6.07, 6.45) is 5.13. The summed E-state index contributed by atoms with van der Waals surface area (Å²) in [4.78, 5) is 2.49. The van der Waals surface area contributed by atoms with Crippen molar-refractivity contribution in [3.05, 3.63) is 0 Å². The van der Waals surface area contributed by atoms with Gasteiger partial charge in [0.1, 0.15) is 6.04 Å². The van der Waals surface area contributed by atoms with E-state index >= 15 is 0 Å². The first-order chi connectivity index (χ1) is 7.67. The molecule has 0 aromatic heterocycles. The summed E-state index contributed by atoms with van der Waals surface area (Å²) in [5, 5.41) is 12.4. The predicted octanol–water partition coefficient (Wildman–Crippen LogP) is 2.14. The van der Waals surface area contributed by atoms with E-state index in [9.17, 15) is 0 Å². The highest BCUT2D eigenvalue weighted by Crippen LogP contribution is 2.27. The first kappa shape index (κ1) is 13.5. The zero-order valence-electron chi connectivity index (χ0n) is 10.9. The van der Waals surface area contributed by atoms with E-state index in [0.29, 0.717) is 6.04 Å². The van der Waals surface area contributed by atoms with Crippen LogP contribution in [-0.4, -0.2) is 36.1 Å². The van der Waals surface area contributed by atoms with Gasteiger partial charge in [-0.3, -0.25) is 10.2 Å². The fourth-order valence-electron chi connectivity index (χ4n) is 1.99. The molecule has 0 radical (unpaired) electrons. The Morgan fingerprint density at radius 2 is 2.12 bits per heavy atom. The van der Waals surface area contributed by atoms with Gasteiger partial charge < -0.3 is 0 Å². The van der Waals surface area contributed by atoms with Crippen molar-refractivity contribution in [1.29, 1.82) is 5.26 Å². The molecule has 1 atom stereocenters. The highest BCUT2D eigenvalue weighted by Gasteiger charge is 2.30. The van der Waals surface area contributed by atoms with Crippen LogP contribution in [-0.2, 0) is 0 Å². The van der Waals surface area contributed by atoms with Crippen LogP contribution in [0.15, 0.2) is 0 Å². The van der Waals surface area contributed by atoms with Crippen LogP contribution in [0.5, 0.6) is 0 Å². The van der Waals surface area contributed by atoms with E-state index in [0.717, 1.165) is 19.1 Å². The van der Waals surface area contributed by atoms with Crippen LogP contribution in [0.3, 0.4) is 0 Å². The summed E-state index contributed by atoms with van der Waals surface area (Å²) in [5.74, 6) is 0. The van der Waals surface area contributed by atoms with E-state index in [1.165, 1.54) is 25.7 Å². The molecule has 0 saturated heterocycles. The Hall–Kier alpha value is -0.590. The molecular formula is C13H25N3. The lowest BCUT2D eigenvalue weighted by Crippen LogP contribution is -2.44. The first-order valence-corrected chi connectivity index (χ1v) is 6.57. The Labute approximate surface area is 99.8 Å². The summed E-state index contributed by atoms with van der Waals surface area (Å²) >= 11 is 0. The SMILES string of the molecule is CCCCN(CC(C#N)NC(C)C)C1CC1. The molecule has 1 saturated carbocycles. The molecule has 1 aliphatic rings. The molecule has 1 N–H and O–H groups in total. The number of nitriles is 1. The van der Waals surface area contributed by atoms with Gasteiger partial charge in [0.2, 0.25) is 0 Å². The lowest BCUT2D eigenvalue weighted by molar-refractivity contribution is 0.240. The molecule has 0 heterocycles. The molecule has 16 heavy (non-hydrogen) atoms. The maximum absolute atomic E-state index is 9.11. The van der Waals surface area contributed by atoms with Crippen molar-refractivity contribution in [2.24, 2.45) is 0 Å². The summed E-state index contributed by atoms with van der Waals surface area (Å²) in [5.41, 5.74) is 0. The fraction of sp³-hybridized carbons (Fsp3) is 0.923. The van der Waals surface area contributed by atoms with Crippen molar-refractivity contribution in [2.75, 3.05) is 13.1 Å². The molecule has 0 spiro atoms. The molecule has 0 amide bonds. The van der Waals surface area contributed by atoms with E-state index in [1.54, 1.807) is 0 Å². The number of rotatable bonds is 8. The third-order valence-corrected chi connectivity index (χ3v) is 2.97. The smallest absolute Gasteiger partial charge is 0.108 e. The fourth-order valence-corrected chi connectivity index (χ4v) is 1.99. The van der Waals surface area contributed by atoms with Crippen molar-refractivity contribution in [1.82, 2.24) is 10.2 Å². The third-order valence-electron chi connectivity index (χ3n) is 2.97. The van der Waals surface area contributed by atoms with Crippen LogP contribution in [0.1, 0.15) is 46.5 Å². The molecule has 0 aromatic rings. The molecule has 0 aromatic carbocycles. The summed E-state index contributed by atoms with van der Waals surface area (Å²) in [6.45, 7) is 8.45. The van der Waals surface area contributed by atoms with Crippen LogP contribution in [0.2, 0.25) is 0 Å². The quantitative estimate of drug-likeness (QED) is 0.685. The largest absolute Gasteiger partial charge is 0.299 e. The second-order valence-electron chi connectivity index (χ2n) is 5.08. The van der Waals surface area contributed by atoms with Crippen LogP contribution < -0.4 is 5.32 Å². The average molecular weight is 223 g/mol. The second kappa shape index (κ2) is 6.88. The van der Waals surface area contributed by atoms with Crippen LogP contribution in [0.4, 0.5) is 0 Å². The Bertz CT molecular complexity index is 228. The molecule has 1 unspecified atom stereocenters. The van der Waals surface area contributed by atoms with Gasteiger partial charge in [0.05, 0.1) is 6.07 Å². The summed E-state index contributed by atoms with van der Waals surface area (Å²) in [6, 6.07) is 3.50.